The number of hydrazine groups is 1. The van der Waals surface area contributed by atoms with Gasteiger partial charge in [0.25, 0.3) is 11.6 Å². The molecule has 148 valence electrons. The maximum absolute atomic E-state index is 12.5. The van der Waals surface area contributed by atoms with Crippen LogP contribution in [-0.4, -0.2) is 36.1 Å². The molecule has 1 aliphatic rings. The van der Waals surface area contributed by atoms with E-state index in [0.717, 1.165) is 12.8 Å². The van der Waals surface area contributed by atoms with Gasteiger partial charge in [0.2, 0.25) is 0 Å². The maximum atomic E-state index is 12.5. The second-order valence-corrected chi connectivity index (χ2v) is 7.69. The normalized spacial score (nSPS) is 21.9. The van der Waals surface area contributed by atoms with Crippen molar-refractivity contribution >= 4 is 34.6 Å². The Hall–Kier alpha value is -2.42. The van der Waals surface area contributed by atoms with Crippen LogP contribution in [0.4, 0.5) is 11.4 Å². The molecule has 3 N–H and O–H groups in total. The zero-order valence-electron chi connectivity index (χ0n) is 16.1. The number of nitro benzene ring substituents is 1. The van der Waals surface area contributed by atoms with Gasteiger partial charge in [-0.15, -0.1) is 0 Å². The molecule has 3 atom stereocenters. The topological polar surface area (TPSA) is 99.5 Å². The lowest BCUT2D eigenvalue weighted by molar-refractivity contribution is -0.384. The second-order valence-electron chi connectivity index (χ2n) is 7.28. The van der Waals surface area contributed by atoms with Crippen molar-refractivity contribution in [2.75, 3.05) is 19.0 Å². The first-order valence-electron chi connectivity index (χ1n) is 9.03. The van der Waals surface area contributed by atoms with Crippen molar-refractivity contribution in [1.29, 1.82) is 0 Å². The Bertz CT molecular complexity index is 725. The predicted molar refractivity (Wildman–Crippen MR) is 110 cm³/mol. The lowest BCUT2D eigenvalue weighted by Gasteiger charge is -2.35. The van der Waals surface area contributed by atoms with Gasteiger partial charge in [-0.1, -0.05) is 26.7 Å². The number of anilines is 1. The van der Waals surface area contributed by atoms with Crippen LogP contribution in [0.3, 0.4) is 0 Å². The Morgan fingerprint density at radius 1 is 1.26 bits per heavy atom. The summed E-state index contributed by atoms with van der Waals surface area (Å²) in [5.74, 6) is 0.629. The van der Waals surface area contributed by atoms with Gasteiger partial charge in [-0.25, -0.2) is 0 Å². The van der Waals surface area contributed by atoms with Gasteiger partial charge in [0.1, 0.15) is 0 Å². The van der Waals surface area contributed by atoms with Gasteiger partial charge in [0, 0.05) is 38.0 Å². The number of hydrogen-bond acceptors (Lipinski definition) is 5. The van der Waals surface area contributed by atoms with E-state index >= 15 is 0 Å². The first-order valence-corrected chi connectivity index (χ1v) is 9.44. The fourth-order valence-corrected chi connectivity index (χ4v) is 3.58. The highest BCUT2D eigenvalue weighted by Gasteiger charge is 2.27. The molecule has 0 spiro atoms. The Kier molecular flexibility index (Phi) is 6.95. The molecule has 8 nitrogen and oxygen atoms in total. The molecule has 0 unspecified atom stereocenters. The zero-order valence-corrected chi connectivity index (χ0v) is 16.9. The molecule has 2 rings (SSSR count). The molecule has 0 aliphatic heterocycles. The smallest absolute Gasteiger partial charge is 0.272 e. The number of benzene rings is 1. The Balaban J connectivity index is 2.01. The van der Waals surface area contributed by atoms with Crippen molar-refractivity contribution in [1.82, 2.24) is 16.2 Å². The first kappa shape index (κ1) is 20.9. The van der Waals surface area contributed by atoms with E-state index < -0.39 is 10.8 Å². The van der Waals surface area contributed by atoms with Crippen LogP contribution in [0.5, 0.6) is 0 Å². The minimum absolute atomic E-state index is 0.142. The average molecular weight is 394 g/mol. The number of hydrogen-bond donors (Lipinski definition) is 3. The molecule has 1 fully saturated rings. The molecule has 0 bridgehead atoms. The van der Waals surface area contributed by atoms with E-state index in [4.69, 9.17) is 12.2 Å². The molecule has 1 aromatic rings. The van der Waals surface area contributed by atoms with Crippen molar-refractivity contribution in [2.45, 2.75) is 39.2 Å². The maximum Gasteiger partial charge on any atom is 0.272 e. The largest absolute Gasteiger partial charge is 0.377 e. The third-order valence-electron chi connectivity index (χ3n) is 5.23. The molecule has 0 radical (unpaired) electrons. The zero-order chi connectivity index (χ0) is 20.1. The third kappa shape index (κ3) is 5.29. The standard InChI is InChI=1S/C18H27N5O3S/c1-11-6-5-7-15(12(11)2)19-18(27)21-20-17(24)14-10-13(23(25)26)8-9-16(14)22(3)4/h8-12,15H,5-7H2,1-4H3,(H,20,24)(H2,19,21,27)/t11-,12+,15+/m0/s1. The van der Waals surface area contributed by atoms with E-state index in [2.05, 4.69) is 30.0 Å². The molecule has 9 heteroatoms. The highest BCUT2D eigenvalue weighted by molar-refractivity contribution is 7.80. The van der Waals surface area contributed by atoms with Crippen LogP contribution in [0.15, 0.2) is 18.2 Å². The first-order chi connectivity index (χ1) is 12.7. The molecule has 0 heterocycles. The summed E-state index contributed by atoms with van der Waals surface area (Å²) < 4.78 is 0. The van der Waals surface area contributed by atoms with Crippen LogP contribution in [0, 0.1) is 22.0 Å². The Labute approximate surface area is 164 Å². The number of nitrogens with zero attached hydrogens (tertiary/aromatic N) is 2. The van der Waals surface area contributed by atoms with Crippen LogP contribution in [-0.2, 0) is 0 Å². The monoisotopic (exact) mass is 393 g/mol. The summed E-state index contributed by atoms with van der Waals surface area (Å²) in [7, 11) is 3.53. The van der Waals surface area contributed by atoms with Crippen LogP contribution < -0.4 is 21.1 Å². The molecule has 27 heavy (non-hydrogen) atoms. The molecule has 1 saturated carbocycles. The van der Waals surface area contributed by atoms with E-state index in [0.29, 0.717) is 22.6 Å². The van der Waals surface area contributed by atoms with Crippen LogP contribution in [0.2, 0.25) is 0 Å². The fraction of sp³-hybridized carbons (Fsp3) is 0.556. The molecular weight excluding hydrogens is 366 g/mol. The Morgan fingerprint density at radius 3 is 2.59 bits per heavy atom. The summed E-state index contributed by atoms with van der Waals surface area (Å²) in [5.41, 5.74) is 5.88. The predicted octanol–water partition coefficient (Wildman–Crippen LogP) is 2.59. The number of carbonyl (C=O) groups excluding carboxylic acids is 1. The molecular formula is C18H27N5O3S. The lowest BCUT2D eigenvalue weighted by atomic mass is 9.78. The molecule has 1 aromatic carbocycles. The number of amides is 1. The van der Waals surface area contributed by atoms with E-state index in [-0.39, 0.29) is 17.3 Å². The van der Waals surface area contributed by atoms with Gasteiger partial charge >= 0.3 is 0 Å². The van der Waals surface area contributed by atoms with Crippen molar-refractivity contribution in [3.05, 3.63) is 33.9 Å². The van der Waals surface area contributed by atoms with E-state index in [1.54, 1.807) is 25.1 Å². The van der Waals surface area contributed by atoms with Crippen LogP contribution in [0.25, 0.3) is 0 Å². The number of non-ortho nitro benzene ring substituents is 1. The minimum atomic E-state index is -0.526. The van der Waals surface area contributed by atoms with Crippen molar-refractivity contribution in [2.24, 2.45) is 11.8 Å². The van der Waals surface area contributed by atoms with E-state index in [1.165, 1.54) is 18.6 Å². The average Bonchev–Trinajstić information content (AvgIpc) is 2.62. The highest BCUT2D eigenvalue weighted by atomic mass is 32.1. The number of carbonyl (C=O) groups is 1. The lowest BCUT2D eigenvalue weighted by Crippen LogP contribution is -2.52. The molecule has 1 aliphatic carbocycles. The van der Waals surface area contributed by atoms with Crippen molar-refractivity contribution in [3.8, 4) is 0 Å². The number of rotatable bonds is 4. The van der Waals surface area contributed by atoms with Crippen molar-refractivity contribution in [3.63, 3.8) is 0 Å². The van der Waals surface area contributed by atoms with Gasteiger partial charge in [-0.05, 0) is 36.5 Å². The van der Waals surface area contributed by atoms with Gasteiger partial charge < -0.3 is 10.2 Å². The second kappa shape index (κ2) is 8.98. The summed E-state index contributed by atoms with van der Waals surface area (Å²) in [6, 6.07) is 4.44. The molecule has 0 aromatic heterocycles. The highest BCUT2D eigenvalue weighted by Crippen LogP contribution is 2.29. The summed E-state index contributed by atoms with van der Waals surface area (Å²) in [6.45, 7) is 4.44. The van der Waals surface area contributed by atoms with Gasteiger partial charge in [0.05, 0.1) is 10.5 Å². The van der Waals surface area contributed by atoms with Gasteiger partial charge in [-0.3, -0.25) is 25.8 Å². The number of nitrogens with one attached hydrogen (secondary N) is 3. The SMILES string of the molecule is C[C@@H]1[C@@H](C)CCC[C@H]1NC(=S)NNC(=O)c1cc([N+](=O)[O-])ccc1N(C)C. The quantitative estimate of drug-likeness (QED) is 0.411. The van der Waals surface area contributed by atoms with Crippen LogP contribution in [0.1, 0.15) is 43.5 Å². The number of thiocarbonyl (C=S) groups is 1. The van der Waals surface area contributed by atoms with Crippen molar-refractivity contribution < 1.29 is 9.72 Å². The van der Waals surface area contributed by atoms with Crippen LogP contribution >= 0.6 is 12.2 Å². The minimum Gasteiger partial charge on any atom is -0.377 e. The Morgan fingerprint density at radius 2 is 1.96 bits per heavy atom. The van der Waals surface area contributed by atoms with E-state index in [9.17, 15) is 14.9 Å². The van der Waals surface area contributed by atoms with Gasteiger partial charge in [-0.2, -0.15) is 0 Å². The third-order valence-corrected chi connectivity index (χ3v) is 5.45. The van der Waals surface area contributed by atoms with Gasteiger partial charge in [0.15, 0.2) is 5.11 Å². The number of nitro groups is 1. The fourth-order valence-electron chi connectivity index (χ4n) is 3.38. The summed E-state index contributed by atoms with van der Waals surface area (Å²) in [4.78, 5) is 24.8. The molecule has 1 amide bonds. The summed E-state index contributed by atoms with van der Waals surface area (Å²) in [6.07, 6.45) is 3.41. The molecule has 0 saturated heterocycles. The summed E-state index contributed by atoms with van der Waals surface area (Å²) >= 11 is 5.29. The van der Waals surface area contributed by atoms with E-state index in [1.807, 2.05) is 0 Å². The summed E-state index contributed by atoms with van der Waals surface area (Å²) in [5, 5.41) is 14.6.